The number of rotatable bonds is 6. The maximum Gasteiger partial charge on any atom is 0.306 e. The lowest BCUT2D eigenvalue weighted by atomic mass is 9.98. The number of aryl methyl sites for hydroxylation is 3. The Labute approximate surface area is 185 Å². The molecule has 3 heterocycles. The summed E-state index contributed by atoms with van der Waals surface area (Å²) in [6, 6.07) is 7.71. The SMILES string of the molecule is Cc1sc2c(c1C)C(c1ccc(CCC=CN)cc1)=N[C@@H](CC(=O)O)c1nnc(C)n1-2. The second-order valence-corrected chi connectivity index (χ2v) is 8.86. The van der Waals surface area contributed by atoms with Crippen molar-refractivity contribution in [2.24, 2.45) is 10.7 Å². The van der Waals surface area contributed by atoms with Gasteiger partial charge >= 0.3 is 5.97 Å². The first kappa shape index (κ1) is 21.0. The Hall–Kier alpha value is -3.26. The molecule has 2 aromatic heterocycles. The van der Waals surface area contributed by atoms with E-state index in [0.29, 0.717) is 5.82 Å². The Morgan fingerprint density at radius 2 is 1.97 bits per heavy atom. The van der Waals surface area contributed by atoms with Gasteiger partial charge in [-0.3, -0.25) is 14.4 Å². The van der Waals surface area contributed by atoms with Crippen LogP contribution in [0.4, 0.5) is 0 Å². The molecule has 7 nitrogen and oxygen atoms in total. The number of aliphatic carboxylic acids is 1. The van der Waals surface area contributed by atoms with Gasteiger partial charge < -0.3 is 10.8 Å². The topological polar surface area (TPSA) is 106 Å². The maximum atomic E-state index is 11.6. The Morgan fingerprint density at radius 1 is 1.23 bits per heavy atom. The lowest BCUT2D eigenvalue weighted by Crippen LogP contribution is -2.10. The first-order chi connectivity index (χ1) is 14.9. The van der Waals surface area contributed by atoms with Crippen LogP contribution in [0.2, 0.25) is 0 Å². The Kier molecular flexibility index (Phi) is 5.73. The molecule has 0 bridgehead atoms. The smallest absolute Gasteiger partial charge is 0.306 e. The highest BCUT2D eigenvalue weighted by molar-refractivity contribution is 7.15. The van der Waals surface area contributed by atoms with E-state index in [1.165, 1.54) is 10.4 Å². The molecule has 3 aromatic rings. The molecule has 8 heteroatoms. The van der Waals surface area contributed by atoms with E-state index in [9.17, 15) is 9.90 Å². The molecular weight excluding hydrogens is 410 g/mol. The molecule has 0 fully saturated rings. The standard InChI is InChI=1S/C23H25N5O2S/c1-13-14(2)31-23-20(13)21(17-9-7-16(8-10-17)6-4-5-11-24)25-18(12-19(29)30)22-27-26-15(3)28(22)23/h5,7-11,18H,4,6,12,24H2,1-3H3,(H,29,30)/t18-/m0/s1. The highest BCUT2D eigenvalue weighted by Crippen LogP contribution is 2.39. The lowest BCUT2D eigenvalue weighted by Gasteiger charge is -2.11. The third kappa shape index (κ3) is 3.90. The summed E-state index contributed by atoms with van der Waals surface area (Å²) < 4.78 is 1.97. The van der Waals surface area contributed by atoms with Crippen molar-refractivity contribution in [3.63, 3.8) is 0 Å². The van der Waals surface area contributed by atoms with Crippen molar-refractivity contribution in [3.05, 3.63) is 75.3 Å². The number of hydrogen-bond acceptors (Lipinski definition) is 6. The van der Waals surface area contributed by atoms with E-state index in [0.717, 1.165) is 46.1 Å². The minimum atomic E-state index is -0.915. The average molecular weight is 436 g/mol. The van der Waals surface area contributed by atoms with E-state index in [1.54, 1.807) is 17.5 Å². The van der Waals surface area contributed by atoms with Crippen LogP contribution in [0.15, 0.2) is 41.5 Å². The molecule has 1 aromatic carbocycles. The number of thiophene rings is 1. The number of carbonyl (C=O) groups is 1. The monoisotopic (exact) mass is 435 g/mol. The normalized spacial score (nSPS) is 15.5. The van der Waals surface area contributed by atoms with Crippen molar-refractivity contribution in [1.82, 2.24) is 14.8 Å². The second kappa shape index (κ2) is 8.47. The van der Waals surface area contributed by atoms with Crippen LogP contribution in [0.3, 0.4) is 0 Å². The number of fused-ring (bicyclic) bond motifs is 3. The van der Waals surface area contributed by atoms with Gasteiger partial charge in [0.1, 0.15) is 16.9 Å². The summed E-state index contributed by atoms with van der Waals surface area (Å²) in [5.74, 6) is 0.386. The Balaban J connectivity index is 1.86. The molecular formula is C23H25N5O2S. The van der Waals surface area contributed by atoms with Crippen LogP contribution in [0.1, 0.15) is 57.7 Å². The van der Waals surface area contributed by atoms with Crippen LogP contribution >= 0.6 is 11.3 Å². The summed E-state index contributed by atoms with van der Waals surface area (Å²) in [6.07, 6.45) is 5.17. The van der Waals surface area contributed by atoms with Crippen LogP contribution < -0.4 is 5.73 Å². The number of allylic oxidation sites excluding steroid dienone is 1. The molecule has 4 rings (SSSR count). The molecule has 0 unspecified atom stereocenters. The zero-order valence-electron chi connectivity index (χ0n) is 17.8. The fourth-order valence-electron chi connectivity index (χ4n) is 3.87. The number of hydrogen-bond donors (Lipinski definition) is 2. The van der Waals surface area contributed by atoms with E-state index in [1.807, 2.05) is 17.6 Å². The van der Waals surface area contributed by atoms with Gasteiger partial charge in [0.15, 0.2) is 5.82 Å². The predicted molar refractivity (Wildman–Crippen MR) is 122 cm³/mol. The molecule has 1 atom stereocenters. The predicted octanol–water partition coefficient (Wildman–Crippen LogP) is 4.03. The molecule has 1 aliphatic heterocycles. The van der Waals surface area contributed by atoms with Gasteiger partial charge in [0.2, 0.25) is 0 Å². The average Bonchev–Trinajstić information content (AvgIpc) is 3.21. The largest absolute Gasteiger partial charge is 0.481 e. The van der Waals surface area contributed by atoms with Gasteiger partial charge in [0.25, 0.3) is 0 Å². The van der Waals surface area contributed by atoms with Gasteiger partial charge in [-0.1, -0.05) is 30.3 Å². The van der Waals surface area contributed by atoms with Gasteiger partial charge in [-0.15, -0.1) is 21.5 Å². The van der Waals surface area contributed by atoms with E-state index >= 15 is 0 Å². The summed E-state index contributed by atoms with van der Waals surface area (Å²) in [5.41, 5.74) is 10.6. The van der Waals surface area contributed by atoms with Gasteiger partial charge in [0.05, 0.1) is 12.1 Å². The molecule has 0 saturated heterocycles. The molecule has 3 N–H and O–H groups in total. The van der Waals surface area contributed by atoms with Gasteiger partial charge in [-0.05, 0) is 50.9 Å². The molecule has 0 aliphatic carbocycles. The highest BCUT2D eigenvalue weighted by atomic mass is 32.1. The Morgan fingerprint density at radius 3 is 2.65 bits per heavy atom. The van der Waals surface area contributed by atoms with Crippen LogP contribution in [0.5, 0.6) is 0 Å². The molecule has 1 aliphatic rings. The van der Waals surface area contributed by atoms with Gasteiger partial charge in [0, 0.05) is 16.0 Å². The summed E-state index contributed by atoms with van der Waals surface area (Å²) >= 11 is 1.66. The third-order valence-electron chi connectivity index (χ3n) is 5.57. The maximum absolute atomic E-state index is 11.6. The summed E-state index contributed by atoms with van der Waals surface area (Å²) in [5, 5.41) is 19.0. The number of aliphatic imine (C=N–C) groups is 1. The third-order valence-corrected chi connectivity index (χ3v) is 6.76. The first-order valence-corrected chi connectivity index (χ1v) is 11.0. The van der Waals surface area contributed by atoms with Crippen LogP contribution in [-0.2, 0) is 11.2 Å². The van der Waals surface area contributed by atoms with Crippen molar-refractivity contribution < 1.29 is 9.90 Å². The zero-order valence-corrected chi connectivity index (χ0v) is 18.6. The Bertz CT molecular complexity index is 1190. The lowest BCUT2D eigenvalue weighted by molar-refractivity contribution is -0.137. The fourth-order valence-corrected chi connectivity index (χ4v) is 5.08. The van der Waals surface area contributed by atoms with Crippen LogP contribution in [-0.4, -0.2) is 31.6 Å². The fraction of sp³-hybridized carbons (Fsp3) is 0.304. The quantitative estimate of drug-likeness (QED) is 0.608. The van der Waals surface area contributed by atoms with Crippen LogP contribution in [0, 0.1) is 20.8 Å². The van der Waals surface area contributed by atoms with E-state index in [4.69, 9.17) is 10.7 Å². The van der Waals surface area contributed by atoms with E-state index in [2.05, 4.69) is 48.3 Å². The number of nitrogens with zero attached hydrogens (tertiary/aromatic N) is 4. The van der Waals surface area contributed by atoms with Crippen LogP contribution in [0.25, 0.3) is 5.00 Å². The van der Waals surface area contributed by atoms with Crippen molar-refractivity contribution in [3.8, 4) is 5.00 Å². The number of nitrogens with two attached hydrogens (primary N) is 1. The molecule has 0 spiro atoms. The highest BCUT2D eigenvalue weighted by Gasteiger charge is 2.32. The summed E-state index contributed by atoms with van der Waals surface area (Å²) in [7, 11) is 0. The zero-order chi connectivity index (χ0) is 22.1. The number of benzene rings is 1. The number of aromatic nitrogens is 3. The second-order valence-electron chi connectivity index (χ2n) is 7.66. The molecule has 0 amide bonds. The molecule has 0 saturated carbocycles. The van der Waals surface area contributed by atoms with Crippen molar-refractivity contribution >= 4 is 23.0 Å². The molecule has 0 radical (unpaired) electrons. The van der Waals surface area contributed by atoms with Crippen molar-refractivity contribution in [2.75, 3.05) is 0 Å². The van der Waals surface area contributed by atoms with Gasteiger partial charge in [-0.2, -0.15) is 0 Å². The van der Waals surface area contributed by atoms with Crippen molar-refractivity contribution in [2.45, 2.75) is 46.1 Å². The minimum absolute atomic E-state index is 0.141. The first-order valence-electron chi connectivity index (χ1n) is 10.2. The van der Waals surface area contributed by atoms with E-state index in [-0.39, 0.29) is 6.42 Å². The molecule has 160 valence electrons. The summed E-state index contributed by atoms with van der Waals surface area (Å²) in [6.45, 7) is 6.07. The molecule has 31 heavy (non-hydrogen) atoms. The number of carboxylic acids is 1. The summed E-state index contributed by atoms with van der Waals surface area (Å²) in [4.78, 5) is 17.7. The minimum Gasteiger partial charge on any atom is -0.481 e. The number of carboxylic acid groups (broad SMARTS) is 1. The van der Waals surface area contributed by atoms with Crippen molar-refractivity contribution in [1.29, 1.82) is 0 Å². The van der Waals surface area contributed by atoms with Gasteiger partial charge in [-0.25, -0.2) is 0 Å². The van der Waals surface area contributed by atoms with E-state index < -0.39 is 12.0 Å².